The maximum atomic E-state index is 12.7. The number of rotatable bonds is 3. The first-order valence-electron chi connectivity index (χ1n) is 3.80. The van der Waals surface area contributed by atoms with Gasteiger partial charge in [0.2, 0.25) is 16.0 Å². The van der Waals surface area contributed by atoms with E-state index in [9.17, 15) is 31.7 Å². The van der Waals surface area contributed by atoms with Crippen LogP contribution in [0.3, 0.4) is 0 Å². The van der Waals surface area contributed by atoms with E-state index in [2.05, 4.69) is 10.1 Å². The second-order valence-corrected chi connectivity index (χ2v) is 4.28. The Labute approximate surface area is 92.3 Å². The van der Waals surface area contributed by atoms with Gasteiger partial charge in [0.1, 0.15) is 5.69 Å². The lowest BCUT2D eigenvalue weighted by Gasteiger charge is -2.06. The second-order valence-electron chi connectivity index (χ2n) is 2.78. The first kappa shape index (κ1) is 13.3. The Kier molecular flexibility index (Phi) is 3.33. The molecular weight excluding hydrogens is 267 g/mol. The Morgan fingerprint density at radius 3 is 2.35 bits per heavy atom. The van der Waals surface area contributed by atoms with Crippen LogP contribution in [0.5, 0.6) is 0 Å². The number of halogens is 3. The third kappa shape index (κ3) is 2.68. The molecule has 0 atom stereocenters. The molecule has 2 N–H and O–H groups in total. The van der Waals surface area contributed by atoms with Gasteiger partial charge in [0, 0.05) is 0 Å². The Hall–Kier alpha value is -1.75. The highest BCUT2D eigenvalue weighted by Crippen LogP contribution is 2.31. The molecule has 1 rings (SSSR count). The standard InChI is InChI=1S/C6H4F3N3O4S/c7-3-1-2(12(13)14)5(17(10,15)16)4(11-3)6(8)9/h1,6H,(H2,10,15,16). The van der Waals surface area contributed by atoms with Crippen molar-refractivity contribution in [2.24, 2.45) is 5.14 Å². The van der Waals surface area contributed by atoms with Crippen molar-refractivity contribution in [3.05, 3.63) is 27.8 Å². The van der Waals surface area contributed by atoms with Gasteiger partial charge in [-0.05, 0) is 0 Å². The van der Waals surface area contributed by atoms with Crippen LogP contribution in [0.1, 0.15) is 12.1 Å². The number of sulfonamides is 1. The molecule has 0 fully saturated rings. The smallest absolute Gasteiger partial charge is 0.258 e. The fourth-order valence-electron chi connectivity index (χ4n) is 1.08. The van der Waals surface area contributed by atoms with E-state index >= 15 is 0 Å². The van der Waals surface area contributed by atoms with Crippen molar-refractivity contribution in [2.45, 2.75) is 11.3 Å². The molecule has 1 heterocycles. The van der Waals surface area contributed by atoms with Gasteiger partial charge in [-0.15, -0.1) is 0 Å². The van der Waals surface area contributed by atoms with Crippen LogP contribution in [0.15, 0.2) is 11.0 Å². The molecule has 0 aromatic carbocycles. The highest BCUT2D eigenvalue weighted by molar-refractivity contribution is 7.89. The van der Waals surface area contributed by atoms with Gasteiger partial charge in [0.05, 0.1) is 11.0 Å². The molecule has 7 nitrogen and oxygen atoms in total. The third-order valence-electron chi connectivity index (χ3n) is 1.64. The summed E-state index contributed by atoms with van der Waals surface area (Å²) in [6.07, 6.45) is -3.52. The molecular formula is C6H4F3N3O4S. The monoisotopic (exact) mass is 271 g/mol. The maximum absolute atomic E-state index is 12.7. The summed E-state index contributed by atoms with van der Waals surface area (Å²) in [6.45, 7) is 0. The summed E-state index contributed by atoms with van der Waals surface area (Å²) < 4.78 is 59.5. The molecule has 11 heteroatoms. The topological polar surface area (TPSA) is 116 Å². The number of nitro groups is 1. The van der Waals surface area contributed by atoms with E-state index in [0.29, 0.717) is 0 Å². The van der Waals surface area contributed by atoms with Crippen molar-refractivity contribution in [3.63, 3.8) is 0 Å². The average molecular weight is 271 g/mol. The largest absolute Gasteiger partial charge is 0.296 e. The molecule has 0 aliphatic heterocycles. The maximum Gasteiger partial charge on any atom is 0.296 e. The van der Waals surface area contributed by atoms with Gasteiger partial charge >= 0.3 is 0 Å². The molecule has 1 aromatic heterocycles. The van der Waals surface area contributed by atoms with Crippen molar-refractivity contribution in [3.8, 4) is 0 Å². The predicted octanol–water partition coefficient (Wildman–Crippen LogP) is 0.714. The van der Waals surface area contributed by atoms with Gasteiger partial charge in [-0.1, -0.05) is 0 Å². The van der Waals surface area contributed by atoms with Crippen LogP contribution >= 0.6 is 0 Å². The lowest BCUT2D eigenvalue weighted by Crippen LogP contribution is -2.18. The Bertz CT molecular complexity index is 574. The van der Waals surface area contributed by atoms with Crippen molar-refractivity contribution < 1.29 is 26.5 Å². The quantitative estimate of drug-likeness (QED) is 0.493. The zero-order valence-electron chi connectivity index (χ0n) is 7.80. The van der Waals surface area contributed by atoms with Gasteiger partial charge in [-0.3, -0.25) is 10.1 Å². The predicted molar refractivity (Wildman–Crippen MR) is 47.2 cm³/mol. The highest BCUT2D eigenvalue weighted by atomic mass is 32.2. The van der Waals surface area contributed by atoms with Crippen LogP contribution in [-0.4, -0.2) is 18.3 Å². The van der Waals surface area contributed by atoms with E-state index in [1.165, 1.54) is 0 Å². The molecule has 0 spiro atoms. The van der Waals surface area contributed by atoms with Gasteiger partial charge < -0.3 is 0 Å². The van der Waals surface area contributed by atoms with Crippen molar-refractivity contribution in [2.75, 3.05) is 0 Å². The Balaban J connectivity index is 3.79. The molecule has 0 unspecified atom stereocenters. The zero-order chi connectivity index (χ0) is 13.4. The van der Waals surface area contributed by atoms with Crippen LogP contribution < -0.4 is 5.14 Å². The summed E-state index contributed by atoms with van der Waals surface area (Å²) in [5.41, 5.74) is -2.96. The van der Waals surface area contributed by atoms with E-state index in [4.69, 9.17) is 0 Å². The number of hydrogen-bond donors (Lipinski definition) is 1. The van der Waals surface area contributed by atoms with Crippen LogP contribution in [-0.2, 0) is 10.0 Å². The summed E-state index contributed by atoms with van der Waals surface area (Å²) in [5, 5.41) is 15.0. The number of primary sulfonamides is 1. The van der Waals surface area contributed by atoms with E-state index in [0.717, 1.165) is 0 Å². The van der Waals surface area contributed by atoms with Crippen molar-refractivity contribution in [1.29, 1.82) is 0 Å². The number of nitrogens with zero attached hydrogens (tertiary/aromatic N) is 2. The van der Waals surface area contributed by atoms with Crippen LogP contribution in [0.4, 0.5) is 18.9 Å². The number of aromatic nitrogens is 1. The average Bonchev–Trinajstić information content (AvgIpc) is 2.14. The van der Waals surface area contributed by atoms with E-state index in [1.54, 1.807) is 0 Å². The molecule has 17 heavy (non-hydrogen) atoms. The molecule has 0 saturated heterocycles. The van der Waals surface area contributed by atoms with E-state index in [-0.39, 0.29) is 6.07 Å². The number of nitrogens with two attached hydrogens (primary N) is 1. The summed E-state index contributed by atoms with van der Waals surface area (Å²) >= 11 is 0. The summed E-state index contributed by atoms with van der Waals surface area (Å²) in [7, 11) is -4.82. The summed E-state index contributed by atoms with van der Waals surface area (Å²) in [6, 6.07) is 0.103. The van der Waals surface area contributed by atoms with Gasteiger partial charge in [0.15, 0.2) is 4.90 Å². The molecule has 0 aliphatic carbocycles. The third-order valence-corrected chi connectivity index (χ3v) is 2.62. The minimum absolute atomic E-state index is 0.103. The normalized spacial score (nSPS) is 11.8. The van der Waals surface area contributed by atoms with Crippen molar-refractivity contribution in [1.82, 2.24) is 4.98 Å². The number of pyridine rings is 1. The Morgan fingerprint density at radius 2 is 2.00 bits per heavy atom. The molecule has 94 valence electrons. The lowest BCUT2D eigenvalue weighted by molar-refractivity contribution is -0.388. The molecule has 0 amide bonds. The van der Waals surface area contributed by atoms with Crippen LogP contribution in [0.25, 0.3) is 0 Å². The number of hydrogen-bond acceptors (Lipinski definition) is 5. The highest BCUT2D eigenvalue weighted by Gasteiger charge is 2.33. The minimum atomic E-state index is -4.82. The fourth-order valence-corrected chi connectivity index (χ4v) is 1.93. The second kappa shape index (κ2) is 4.25. The molecule has 0 aliphatic rings. The SMILES string of the molecule is NS(=O)(=O)c1c([N+](=O)[O-])cc(F)nc1C(F)F. The molecule has 0 radical (unpaired) electrons. The lowest BCUT2D eigenvalue weighted by atomic mass is 10.3. The van der Waals surface area contributed by atoms with E-state index < -0.39 is 43.6 Å². The van der Waals surface area contributed by atoms with E-state index in [1.807, 2.05) is 0 Å². The minimum Gasteiger partial charge on any atom is -0.258 e. The first-order valence-corrected chi connectivity index (χ1v) is 5.35. The van der Waals surface area contributed by atoms with Crippen LogP contribution in [0, 0.1) is 16.1 Å². The Morgan fingerprint density at radius 1 is 1.47 bits per heavy atom. The summed E-state index contributed by atoms with van der Waals surface area (Å²) in [4.78, 5) is 10.2. The molecule has 0 bridgehead atoms. The fraction of sp³-hybridized carbons (Fsp3) is 0.167. The zero-order valence-corrected chi connectivity index (χ0v) is 8.62. The number of alkyl halides is 2. The van der Waals surface area contributed by atoms with Gasteiger partial charge in [-0.2, -0.15) is 4.39 Å². The van der Waals surface area contributed by atoms with Gasteiger partial charge in [0.25, 0.3) is 12.1 Å². The molecule has 0 saturated carbocycles. The first-order chi connectivity index (χ1) is 7.64. The van der Waals surface area contributed by atoms with Crippen molar-refractivity contribution >= 4 is 15.7 Å². The molecule has 1 aromatic rings. The van der Waals surface area contributed by atoms with Gasteiger partial charge in [-0.25, -0.2) is 27.3 Å². The van der Waals surface area contributed by atoms with Crippen LogP contribution in [0.2, 0.25) is 0 Å². The summed E-state index contributed by atoms with van der Waals surface area (Å²) in [5.74, 6) is -1.60.